The summed E-state index contributed by atoms with van der Waals surface area (Å²) in [6.07, 6.45) is 2.57. The predicted octanol–water partition coefficient (Wildman–Crippen LogP) is 1.12. The van der Waals surface area contributed by atoms with Crippen LogP contribution in [0.25, 0.3) is 0 Å². The van der Waals surface area contributed by atoms with Gasteiger partial charge in [0.15, 0.2) is 0 Å². The van der Waals surface area contributed by atoms with Crippen molar-refractivity contribution in [1.82, 2.24) is 5.39 Å². The Morgan fingerprint density at radius 1 is 1.29 bits per heavy atom. The fourth-order valence-corrected chi connectivity index (χ4v) is 0.928. The van der Waals surface area contributed by atoms with Crippen LogP contribution in [0, 0.1) is 0 Å². The number of ether oxygens (including phenoxy) is 1. The summed E-state index contributed by atoms with van der Waals surface area (Å²) < 4.78 is 4.73. The fourth-order valence-electron chi connectivity index (χ4n) is 0.928. The van der Waals surface area contributed by atoms with E-state index >= 15 is 0 Å². The van der Waals surface area contributed by atoms with E-state index in [1.165, 1.54) is 0 Å². The van der Waals surface area contributed by atoms with Gasteiger partial charge in [0.2, 0.25) is 0 Å². The van der Waals surface area contributed by atoms with Gasteiger partial charge in [0.05, 0.1) is 18.6 Å². The van der Waals surface area contributed by atoms with Crippen molar-refractivity contribution >= 4 is 5.97 Å². The van der Waals surface area contributed by atoms with Crippen molar-refractivity contribution in [3.8, 4) is 0 Å². The Kier molecular flexibility index (Phi) is 8.45. The van der Waals surface area contributed by atoms with Crippen molar-refractivity contribution in [3.05, 3.63) is 0 Å². The van der Waals surface area contributed by atoms with Gasteiger partial charge >= 0.3 is 5.97 Å². The topological polar surface area (TPSA) is 79.2 Å². The van der Waals surface area contributed by atoms with Crippen LogP contribution in [0.2, 0.25) is 0 Å². The highest BCUT2D eigenvalue weighted by Gasteiger charge is 2.00. The van der Waals surface area contributed by atoms with E-state index in [-0.39, 0.29) is 18.0 Å². The number of carbonyl (C=O) groups excluding carboxylic acids is 1. The van der Waals surface area contributed by atoms with Crippen molar-refractivity contribution in [2.75, 3.05) is 13.2 Å². The molecule has 0 saturated carbocycles. The Balaban J connectivity index is 3.09. The molecule has 0 aliphatic heterocycles. The average Bonchev–Trinajstić information content (AvgIpc) is 2.11. The Morgan fingerprint density at radius 2 is 2.00 bits per heavy atom. The van der Waals surface area contributed by atoms with Gasteiger partial charge in [0.25, 0.3) is 0 Å². The minimum Gasteiger partial charge on any atom is -0.466 e. The molecule has 14 heavy (non-hydrogen) atoms. The highest BCUT2D eigenvalue weighted by molar-refractivity contribution is 5.69. The third-order valence-electron chi connectivity index (χ3n) is 1.54. The summed E-state index contributed by atoms with van der Waals surface area (Å²) in [6.45, 7) is 2.39. The predicted molar refractivity (Wildman–Crippen MR) is 46.5 cm³/mol. The van der Waals surface area contributed by atoms with Crippen LogP contribution in [-0.2, 0) is 14.4 Å². The van der Waals surface area contributed by atoms with Gasteiger partial charge in [-0.15, -0.1) is 0 Å². The lowest BCUT2D eigenvalue weighted by Crippen LogP contribution is -2.15. The van der Waals surface area contributed by atoms with Crippen molar-refractivity contribution < 1.29 is 24.8 Å². The lowest BCUT2D eigenvalue weighted by atomic mass is 10.2. The van der Waals surface area contributed by atoms with Crippen LogP contribution in [0.1, 0.15) is 32.6 Å². The first-order valence-corrected chi connectivity index (χ1v) is 4.63. The molecular weight excluding hydrogens is 190 g/mol. The quantitative estimate of drug-likeness (QED) is 0.353. The Hall–Kier alpha value is -0.690. The molecule has 0 aromatic carbocycles. The van der Waals surface area contributed by atoms with Crippen LogP contribution in [0.5, 0.6) is 0 Å². The first-order chi connectivity index (χ1) is 6.66. The van der Waals surface area contributed by atoms with E-state index in [9.17, 15) is 4.79 Å². The second-order valence-electron chi connectivity index (χ2n) is 2.70. The highest BCUT2D eigenvalue weighted by atomic mass is 17.1. The molecule has 0 unspecified atom stereocenters. The monoisotopic (exact) mass is 207 g/mol. The molecule has 6 nitrogen and oxygen atoms in total. The summed E-state index contributed by atoms with van der Waals surface area (Å²) >= 11 is 0. The van der Waals surface area contributed by atoms with Gasteiger partial charge in [-0.2, -0.15) is 0 Å². The molecule has 0 spiro atoms. The van der Waals surface area contributed by atoms with E-state index in [4.69, 9.17) is 15.2 Å². The molecule has 0 radical (unpaired) electrons. The molecule has 0 aromatic rings. The van der Waals surface area contributed by atoms with E-state index in [1.807, 2.05) is 0 Å². The molecule has 0 aliphatic carbocycles. The van der Waals surface area contributed by atoms with Crippen LogP contribution in [0.3, 0.4) is 0 Å². The first kappa shape index (κ1) is 13.3. The lowest BCUT2D eigenvalue weighted by Gasteiger charge is -2.05. The minimum atomic E-state index is -0.314. The van der Waals surface area contributed by atoms with Gasteiger partial charge in [0.1, 0.15) is 0 Å². The number of unbranched alkanes of at least 4 members (excludes halogenated alkanes) is 2. The molecule has 2 N–H and O–H groups in total. The molecule has 6 heteroatoms. The molecule has 0 aromatic heterocycles. The second-order valence-corrected chi connectivity index (χ2v) is 2.70. The second kappa shape index (κ2) is 8.89. The Labute approximate surface area is 82.9 Å². The molecule has 0 aliphatic rings. The number of hydrogen-bond donors (Lipinski definition) is 2. The van der Waals surface area contributed by atoms with E-state index in [0.29, 0.717) is 19.4 Å². The smallest absolute Gasteiger partial charge is 0.305 e. The fraction of sp³-hybridized carbons (Fsp3) is 0.875. The maximum atomic E-state index is 10.8. The Bertz CT molecular complexity index is 151. The SMILES string of the molecule is CCOC(=O)CCCCCON(O)O. The molecular formula is C8H17NO5. The van der Waals surface area contributed by atoms with Crippen molar-refractivity contribution in [2.24, 2.45) is 0 Å². The third kappa shape index (κ3) is 9.40. The highest BCUT2D eigenvalue weighted by Crippen LogP contribution is 2.01. The summed E-state index contributed by atoms with van der Waals surface area (Å²) in [5.41, 5.74) is 0. The molecule has 0 atom stereocenters. The van der Waals surface area contributed by atoms with Gasteiger partial charge in [0, 0.05) is 6.42 Å². The van der Waals surface area contributed by atoms with E-state index < -0.39 is 0 Å². The number of hydrogen-bond acceptors (Lipinski definition) is 6. The largest absolute Gasteiger partial charge is 0.466 e. The summed E-state index contributed by atoms with van der Waals surface area (Å²) in [4.78, 5) is 15.2. The summed E-state index contributed by atoms with van der Waals surface area (Å²) in [5.74, 6) is -0.195. The van der Waals surface area contributed by atoms with Gasteiger partial charge in [-0.25, -0.2) is 0 Å². The summed E-state index contributed by atoms with van der Waals surface area (Å²) in [6, 6.07) is 0. The van der Waals surface area contributed by atoms with Gasteiger partial charge in [-0.05, 0) is 19.8 Å². The van der Waals surface area contributed by atoms with Crippen molar-refractivity contribution in [2.45, 2.75) is 32.6 Å². The number of carbonyl (C=O) groups is 1. The lowest BCUT2D eigenvalue weighted by molar-refractivity contribution is -0.492. The van der Waals surface area contributed by atoms with Crippen molar-refractivity contribution in [3.63, 3.8) is 0 Å². The normalized spacial score (nSPS) is 10.6. The van der Waals surface area contributed by atoms with Crippen LogP contribution in [-0.4, -0.2) is 35.0 Å². The van der Waals surface area contributed by atoms with Crippen LogP contribution < -0.4 is 0 Å². The standard InChI is InChI=1S/C8H17NO5/c1-2-13-8(10)6-4-3-5-7-14-9(11)12/h11-12H,2-7H2,1H3. The number of esters is 1. The van der Waals surface area contributed by atoms with Crippen molar-refractivity contribution in [1.29, 1.82) is 0 Å². The van der Waals surface area contributed by atoms with Gasteiger partial charge in [-0.1, -0.05) is 6.42 Å². The molecule has 0 heterocycles. The summed E-state index contributed by atoms with van der Waals surface area (Å²) in [5, 5.41) is 16.0. The zero-order valence-electron chi connectivity index (χ0n) is 8.31. The third-order valence-corrected chi connectivity index (χ3v) is 1.54. The molecule has 0 rings (SSSR count). The average molecular weight is 207 g/mol. The van der Waals surface area contributed by atoms with Gasteiger partial charge < -0.3 is 4.74 Å². The zero-order chi connectivity index (χ0) is 10.8. The maximum absolute atomic E-state index is 10.8. The summed E-state index contributed by atoms with van der Waals surface area (Å²) in [7, 11) is 0. The van der Waals surface area contributed by atoms with E-state index in [0.717, 1.165) is 12.8 Å². The van der Waals surface area contributed by atoms with Crippen LogP contribution in [0.4, 0.5) is 0 Å². The number of nitrogens with zero attached hydrogens (tertiary/aromatic N) is 1. The molecule has 0 fully saturated rings. The molecule has 84 valence electrons. The first-order valence-electron chi connectivity index (χ1n) is 4.63. The van der Waals surface area contributed by atoms with E-state index in [2.05, 4.69) is 4.84 Å². The van der Waals surface area contributed by atoms with Crippen LogP contribution >= 0.6 is 0 Å². The van der Waals surface area contributed by atoms with Gasteiger partial charge in [-0.3, -0.25) is 20.0 Å². The van der Waals surface area contributed by atoms with E-state index in [1.54, 1.807) is 6.92 Å². The maximum Gasteiger partial charge on any atom is 0.305 e. The van der Waals surface area contributed by atoms with Crippen LogP contribution in [0.15, 0.2) is 0 Å². The number of rotatable bonds is 8. The molecule has 0 bridgehead atoms. The molecule has 0 saturated heterocycles. The molecule has 0 amide bonds. The minimum absolute atomic E-state index is 0.195. The Morgan fingerprint density at radius 3 is 2.57 bits per heavy atom. The zero-order valence-corrected chi connectivity index (χ0v) is 8.31.